The van der Waals surface area contributed by atoms with Crippen molar-refractivity contribution < 1.29 is 4.79 Å². The predicted molar refractivity (Wildman–Crippen MR) is 86.1 cm³/mol. The summed E-state index contributed by atoms with van der Waals surface area (Å²) < 4.78 is 1.67. The summed E-state index contributed by atoms with van der Waals surface area (Å²) in [7, 11) is 0. The van der Waals surface area contributed by atoms with E-state index in [0.29, 0.717) is 19.5 Å². The molecule has 116 valence electrons. The van der Waals surface area contributed by atoms with Crippen molar-refractivity contribution in [2.75, 3.05) is 13.1 Å². The highest BCUT2D eigenvalue weighted by molar-refractivity contribution is 7.09. The molecule has 1 atom stereocenters. The lowest BCUT2D eigenvalue weighted by Gasteiger charge is -2.13. The normalized spacial score (nSPS) is 11.8. The van der Waals surface area contributed by atoms with Gasteiger partial charge in [-0.15, -0.1) is 12.4 Å². The van der Waals surface area contributed by atoms with Gasteiger partial charge in [-0.05, 0) is 27.3 Å². The predicted octanol–water partition coefficient (Wildman–Crippen LogP) is 1.45. The molecule has 5 nitrogen and oxygen atoms in total. The first-order chi connectivity index (χ1) is 8.95. The molecule has 1 amide bonds. The monoisotopic (exact) mass is 321 g/mol. The van der Waals surface area contributed by atoms with Crippen LogP contribution in [0.25, 0.3) is 0 Å². The van der Waals surface area contributed by atoms with Gasteiger partial charge in [0.1, 0.15) is 0 Å². The zero-order valence-corrected chi connectivity index (χ0v) is 14.1. The number of nitrogens with one attached hydrogen (secondary N) is 2. The summed E-state index contributed by atoms with van der Waals surface area (Å²) in [5, 5.41) is 6.10. The SMILES string of the molecule is CCN[C@H](C)CNC(=O)CCn1c(C)c(C)sc1=O.Cl. The number of carbonyl (C=O) groups is 1. The van der Waals surface area contributed by atoms with Crippen molar-refractivity contribution in [3.63, 3.8) is 0 Å². The van der Waals surface area contributed by atoms with Crippen LogP contribution in [0.15, 0.2) is 4.79 Å². The third-order valence-electron chi connectivity index (χ3n) is 3.10. The fourth-order valence-electron chi connectivity index (χ4n) is 1.84. The van der Waals surface area contributed by atoms with Crippen molar-refractivity contribution in [2.24, 2.45) is 0 Å². The molecule has 0 bridgehead atoms. The molecule has 1 heterocycles. The summed E-state index contributed by atoms with van der Waals surface area (Å²) in [6, 6.07) is 0.266. The summed E-state index contributed by atoms with van der Waals surface area (Å²) in [6.07, 6.45) is 0.343. The third kappa shape index (κ3) is 5.64. The van der Waals surface area contributed by atoms with E-state index in [0.717, 1.165) is 17.1 Å². The van der Waals surface area contributed by atoms with Crippen LogP contribution in [-0.4, -0.2) is 29.6 Å². The van der Waals surface area contributed by atoms with Gasteiger partial charge in [0.05, 0.1) is 0 Å². The maximum Gasteiger partial charge on any atom is 0.307 e. The molecular weight excluding hydrogens is 298 g/mol. The second-order valence-corrected chi connectivity index (χ2v) is 5.84. The molecule has 0 aromatic carbocycles. The van der Waals surface area contributed by atoms with Crippen LogP contribution < -0.4 is 15.5 Å². The van der Waals surface area contributed by atoms with E-state index in [1.54, 1.807) is 4.57 Å². The zero-order chi connectivity index (χ0) is 14.4. The lowest BCUT2D eigenvalue weighted by molar-refractivity contribution is -0.121. The van der Waals surface area contributed by atoms with E-state index >= 15 is 0 Å². The number of hydrogen-bond donors (Lipinski definition) is 2. The molecule has 0 saturated carbocycles. The second kappa shape index (κ2) is 9.15. The number of halogens is 1. The fraction of sp³-hybridized carbons (Fsp3) is 0.692. The minimum absolute atomic E-state index is 0. The molecule has 1 aromatic heterocycles. The van der Waals surface area contributed by atoms with Gasteiger partial charge in [0, 0.05) is 36.1 Å². The van der Waals surface area contributed by atoms with Crippen molar-refractivity contribution in [1.29, 1.82) is 0 Å². The second-order valence-electron chi connectivity index (χ2n) is 4.67. The Bertz CT molecular complexity index is 484. The van der Waals surface area contributed by atoms with Crippen molar-refractivity contribution in [3.05, 3.63) is 20.2 Å². The highest BCUT2D eigenvalue weighted by Crippen LogP contribution is 2.09. The standard InChI is InChI=1S/C13H23N3O2S.ClH/c1-5-14-9(2)8-15-12(17)6-7-16-10(3)11(4)19-13(16)18;/h9,14H,5-8H2,1-4H3,(H,15,17);1H/t9-;/m1./s1. The first-order valence-electron chi connectivity index (χ1n) is 6.62. The Morgan fingerprint density at radius 2 is 2.05 bits per heavy atom. The molecule has 0 fully saturated rings. The number of carbonyl (C=O) groups excluding carboxylic acids is 1. The zero-order valence-electron chi connectivity index (χ0n) is 12.5. The first kappa shape index (κ1) is 19.1. The van der Waals surface area contributed by atoms with Crippen molar-refractivity contribution >= 4 is 29.7 Å². The minimum Gasteiger partial charge on any atom is -0.354 e. The van der Waals surface area contributed by atoms with Gasteiger partial charge in [0.15, 0.2) is 0 Å². The summed E-state index contributed by atoms with van der Waals surface area (Å²) in [5.74, 6) is -0.0140. The van der Waals surface area contributed by atoms with Gasteiger partial charge >= 0.3 is 4.87 Å². The van der Waals surface area contributed by atoms with E-state index in [4.69, 9.17) is 0 Å². The molecule has 0 spiro atoms. The van der Waals surface area contributed by atoms with Gasteiger partial charge in [-0.2, -0.15) is 0 Å². The number of aryl methyl sites for hydroxylation is 1. The Labute approximate surface area is 130 Å². The van der Waals surface area contributed by atoms with Crippen LogP contribution in [0, 0.1) is 13.8 Å². The fourth-order valence-corrected chi connectivity index (χ4v) is 2.69. The lowest BCUT2D eigenvalue weighted by atomic mass is 10.3. The van der Waals surface area contributed by atoms with Crippen LogP contribution in [0.1, 0.15) is 30.8 Å². The number of aromatic nitrogens is 1. The molecule has 1 rings (SSSR count). The van der Waals surface area contributed by atoms with Crippen molar-refractivity contribution in [2.45, 2.75) is 46.7 Å². The van der Waals surface area contributed by atoms with Gasteiger partial charge in [-0.3, -0.25) is 9.59 Å². The molecular formula is C13H24ClN3O2S. The van der Waals surface area contributed by atoms with Gasteiger partial charge in [0.25, 0.3) is 0 Å². The number of thiazole rings is 1. The Morgan fingerprint density at radius 1 is 1.40 bits per heavy atom. The number of hydrogen-bond acceptors (Lipinski definition) is 4. The summed E-state index contributed by atoms with van der Waals surface area (Å²) in [4.78, 5) is 24.4. The van der Waals surface area contributed by atoms with Crippen LogP contribution in [0.4, 0.5) is 0 Å². The topological polar surface area (TPSA) is 63.1 Å². The molecule has 7 heteroatoms. The van der Waals surface area contributed by atoms with Gasteiger partial charge < -0.3 is 15.2 Å². The van der Waals surface area contributed by atoms with Gasteiger partial charge in [-0.1, -0.05) is 18.3 Å². The lowest BCUT2D eigenvalue weighted by Crippen LogP contribution is -2.39. The van der Waals surface area contributed by atoms with Crippen LogP contribution in [-0.2, 0) is 11.3 Å². The minimum atomic E-state index is -0.0140. The average molecular weight is 322 g/mol. The molecule has 20 heavy (non-hydrogen) atoms. The number of rotatable bonds is 7. The van der Waals surface area contributed by atoms with E-state index in [-0.39, 0.29) is 29.2 Å². The number of amides is 1. The van der Waals surface area contributed by atoms with Gasteiger partial charge in [-0.25, -0.2) is 0 Å². The molecule has 0 unspecified atom stereocenters. The highest BCUT2D eigenvalue weighted by atomic mass is 35.5. The Hall–Kier alpha value is -0.850. The van der Waals surface area contributed by atoms with E-state index in [2.05, 4.69) is 10.6 Å². The van der Waals surface area contributed by atoms with E-state index in [9.17, 15) is 9.59 Å². The third-order valence-corrected chi connectivity index (χ3v) is 4.09. The molecule has 2 N–H and O–H groups in total. The summed E-state index contributed by atoms with van der Waals surface area (Å²) in [5.41, 5.74) is 0.962. The molecule has 0 aliphatic heterocycles. The summed E-state index contributed by atoms with van der Waals surface area (Å²) in [6.45, 7) is 9.86. The molecule has 0 radical (unpaired) electrons. The molecule has 1 aromatic rings. The molecule has 0 aliphatic rings. The first-order valence-corrected chi connectivity index (χ1v) is 7.44. The highest BCUT2D eigenvalue weighted by Gasteiger charge is 2.10. The van der Waals surface area contributed by atoms with Crippen LogP contribution in [0.2, 0.25) is 0 Å². The largest absolute Gasteiger partial charge is 0.354 e. The Balaban J connectivity index is 0.00000361. The number of nitrogens with zero attached hydrogens (tertiary/aromatic N) is 1. The smallest absolute Gasteiger partial charge is 0.307 e. The van der Waals surface area contributed by atoms with E-state index < -0.39 is 0 Å². The van der Waals surface area contributed by atoms with Crippen molar-refractivity contribution in [1.82, 2.24) is 15.2 Å². The van der Waals surface area contributed by atoms with E-state index in [1.165, 1.54) is 11.3 Å². The Kier molecular flexibility index (Phi) is 8.76. The maximum absolute atomic E-state index is 11.7. The number of likely N-dealkylation sites (N-methyl/N-ethyl adjacent to an activating group) is 1. The Morgan fingerprint density at radius 3 is 2.55 bits per heavy atom. The van der Waals surface area contributed by atoms with Crippen LogP contribution in [0.5, 0.6) is 0 Å². The average Bonchev–Trinajstić information content (AvgIpc) is 2.59. The van der Waals surface area contributed by atoms with Crippen LogP contribution in [0.3, 0.4) is 0 Å². The van der Waals surface area contributed by atoms with Gasteiger partial charge in [0.2, 0.25) is 5.91 Å². The molecule has 0 aliphatic carbocycles. The quantitative estimate of drug-likeness (QED) is 0.799. The molecule has 0 saturated heterocycles. The summed E-state index contributed by atoms with van der Waals surface area (Å²) >= 11 is 1.24. The van der Waals surface area contributed by atoms with Crippen LogP contribution >= 0.6 is 23.7 Å². The van der Waals surface area contributed by atoms with Crippen molar-refractivity contribution in [3.8, 4) is 0 Å². The van der Waals surface area contributed by atoms with E-state index in [1.807, 2.05) is 27.7 Å². The maximum atomic E-state index is 11.7.